The Morgan fingerprint density at radius 3 is 2.41 bits per heavy atom. The highest BCUT2D eigenvalue weighted by Crippen LogP contribution is 2.31. The Hall–Kier alpha value is -2.23. The Labute approximate surface area is 174 Å². The number of nitrogens with one attached hydrogen (secondary N) is 1. The lowest BCUT2D eigenvalue weighted by Gasteiger charge is -2.35. The number of carbonyl (C=O) groups excluding carboxylic acids is 2. The molecule has 2 amide bonds. The fraction of sp³-hybridized carbons (Fsp3) is 0.400. The molecule has 7 nitrogen and oxygen atoms in total. The Morgan fingerprint density at radius 1 is 1.03 bits per heavy atom. The summed E-state index contributed by atoms with van der Waals surface area (Å²) in [7, 11) is -3.71. The van der Waals surface area contributed by atoms with Crippen LogP contribution in [0, 0.1) is 5.92 Å². The molecule has 1 aromatic carbocycles. The normalized spacial score (nSPS) is 17.4. The molecule has 1 N–H and O–H groups in total. The van der Waals surface area contributed by atoms with E-state index in [2.05, 4.69) is 4.72 Å². The van der Waals surface area contributed by atoms with Gasteiger partial charge >= 0.3 is 0 Å². The zero-order valence-electron chi connectivity index (χ0n) is 15.9. The average Bonchev–Trinajstić information content (AvgIpc) is 3.47. The zero-order chi connectivity index (χ0) is 20.4. The lowest BCUT2D eigenvalue weighted by atomic mass is 10.1. The number of nitrogens with zero attached hydrogens (tertiary/aromatic N) is 2. The lowest BCUT2D eigenvalue weighted by Crippen LogP contribution is -2.51. The Balaban J connectivity index is 1.40. The third-order valence-electron chi connectivity index (χ3n) is 5.21. The maximum atomic E-state index is 12.9. The van der Waals surface area contributed by atoms with Crippen molar-refractivity contribution in [2.24, 2.45) is 5.92 Å². The molecule has 9 heteroatoms. The average molecular weight is 434 g/mol. The lowest BCUT2D eigenvalue weighted by molar-refractivity contribution is -0.134. The number of thiophene rings is 1. The molecule has 0 spiro atoms. The number of carbonyl (C=O) groups is 2. The van der Waals surface area contributed by atoms with E-state index in [1.54, 1.807) is 17.0 Å². The summed E-state index contributed by atoms with van der Waals surface area (Å²) >= 11 is 1.48. The quantitative estimate of drug-likeness (QED) is 0.754. The highest BCUT2D eigenvalue weighted by Gasteiger charge is 2.35. The van der Waals surface area contributed by atoms with E-state index < -0.39 is 10.0 Å². The monoisotopic (exact) mass is 433 g/mol. The Morgan fingerprint density at radius 2 is 1.76 bits per heavy atom. The molecule has 0 unspecified atom stereocenters. The maximum absolute atomic E-state index is 12.9. The minimum Gasteiger partial charge on any atom is -0.339 e. The van der Waals surface area contributed by atoms with Gasteiger partial charge in [-0.05, 0) is 42.5 Å². The van der Waals surface area contributed by atoms with E-state index in [-0.39, 0.29) is 29.2 Å². The van der Waals surface area contributed by atoms with Gasteiger partial charge in [0.2, 0.25) is 15.9 Å². The van der Waals surface area contributed by atoms with Gasteiger partial charge in [-0.2, -0.15) is 0 Å². The second-order valence-corrected chi connectivity index (χ2v) is 10.1. The zero-order valence-corrected chi connectivity index (χ0v) is 17.5. The molecule has 4 rings (SSSR count). The molecule has 29 heavy (non-hydrogen) atoms. The third-order valence-corrected chi connectivity index (χ3v) is 7.49. The minimum absolute atomic E-state index is 0.0717. The van der Waals surface area contributed by atoms with Crippen molar-refractivity contribution in [3.63, 3.8) is 0 Å². The summed E-state index contributed by atoms with van der Waals surface area (Å²) in [5, 5.41) is 1.89. The van der Waals surface area contributed by atoms with Gasteiger partial charge < -0.3 is 9.80 Å². The predicted octanol–water partition coefficient (Wildman–Crippen LogP) is 1.92. The van der Waals surface area contributed by atoms with Crippen LogP contribution in [0.4, 0.5) is 0 Å². The van der Waals surface area contributed by atoms with Crippen LogP contribution in [-0.2, 0) is 21.4 Å². The summed E-state index contributed by atoms with van der Waals surface area (Å²) < 4.78 is 27.8. The van der Waals surface area contributed by atoms with Gasteiger partial charge in [0.1, 0.15) is 0 Å². The van der Waals surface area contributed by atoms with E-state index in [1.807, 2.05) is 22.4 Å². The van der Waals surface area contributed by atoms with Crippen LogP contribution >= 0.6 is 11.3 Å². The number of hydrogen-bond donors (Lipinski definition) is 1. The number of hydrogen-bond acceptors (Lipinski definition) is 5. The van der Waals surface area contributed by atoms with Crippen molar-refractivity contribution in [1.82, 2.24) is 14.5 Å². The summed E-state index contributed by atoms with van der Waals surface area (Å²) in [6, 6.07) is 9.84. The van der Waals surface area contributed by atoms with Crippen molar-refractivity contribution in [1.29, 1.82) is 0 Å². The second kappa shape index (κ2) is 8.25. The number of benzene rings is 1. The molecular weight excluding hydrogens is 410 g/mol. The van der Waals surface area contributed by atoms with Gasteiger partial charge in [0.15, 0.2) is 0 Å². The molecule has 2 aliphatic rings. The van der Waals surface area contributed by atoms with Crippen molar-refractivity contribution >= 4 is 33.2 Å². The smallest absolute Gasteiger partial charge is 0.254 e. The fourth-order valence-corrected chi connectivity index (χ4v) is 5.15. The highest BCUT2D eigenvalue weighted by molar-refractivity contribution is 7.89. The van der Waals surface area contributed by atoms with Crippen molar-refractivity contribution in [2.45, 2.75) is 24.3 Å². The van der Waals surface area contributed by atoms with Crippen molar-refractivity contribution < 1.29 is 18.0 Å². The van der Waals surface area contributed by atoms with Gasteiger partial charge in [0, 0.05) is 49.1 Å². The molecule has 2 fully saturated rings. The van der Waals surface area contributed by atoms with Crippen LogP contribution < -0.4 is 4.72 Å². The van der Waals surface area contributed by atoms with E-state index >= 15 is 0 Å². The van der Waals surface area contributed by atoms with Gasteiger partial charge in [-0.25, -0.2) is 13.1 Å². The molecule has 1 aliphatic heterocycles. The first kappa shape index (κ1) is 20.1. The Kier molecular flexibility index (Phi) is 5.71. The molecule has 2 heterocycles. The molecule has 1 aliphatic carbocycles. The van der Waals surface area contributed by atoms with E-state index in [0.717, 1.165) is 17.7 Å². The van der Waals surface area contributed by atoms with Gasteiger partial charge in [-0.3, -0.25) is 9.59 Å². The van der Waals surface area contributed by atoms with Crippen LogP contribution in [0.3, 0.4) is 0 Å². The molecule has 0 bridgehead atoms. The first-order valence-electron chi connectivity index (χ1n) is 9.64. The van der Waals surface area contributed by atoms with Gasteiger partial charge in [0.05, 0.1) is 4.90 Å². The topological polar surface area (TPSA) is 86.8 Å². The van der Waals surface area contributed by atoms with Crippen LogP contribution in [0.5, 0.6) is 0 Å². The standard InChI is InChI=1S/C20H23N3O4S2/c24-19(15-6-7-15)22-8-10-23(11-9-22)20(25)16-3-1-5-18(13-16)29(26,27)21-14-17-4-2-12-28-17/h1-5,12-13,15,21H,6-11,14H2. The van der Waals surface area contributed by atoms with Crippen LogP contribution in [0.2, 0.25) is 0 Å². The molecule has 1 saturated carbocycles. The first-order chi connectivity index (χ1) is 13.9. The highest BCUT2D eigenvalue weighted by atomic mass is 32.2. The molecule has 2 aromatic rings. The number of amides is 2. The summed E-state index contributed by atoms with van der Waals surface area (Å²) in [6.45, 7) is 2.20. The van der Waals surface area contributed by atoms with Crippen LogP contribution in [-0.4, -0.2) is 56.2 Å². The van der Waals surface area contributed by atoms with Crippen LogP contribution in [0.25, 0.3) is 0 Å². The van der Waals surface area contributed by atoms with E-state index in [9.17, 15) is 18.0 Å². The summed E-state index contributed by atoms with van der Waals surface area (Å²) in [4.78, 5) is 29.5. The molecule has 154 valence electrons. The number of rotatable bonds is 6. The van der Waals surface area contributed by atoms with Crippen molar-refractivity contribution in [2.75, 3.05) is 26.2 Å². The molecule has 0 atom stereocenters. The summed E-state index contributed by atoms with van der Waals surface area (Å²) in [6.07, 6.45) is 1.94. The number of sulfonamides is 1. The van der Waals surface area contributed by atoms with E-state index in [1.165, 1.54) is 23.5 Å². The molecule has 1 aromatic heterocycles. The predicted molar refractivity (Wildman–Crippen MR) is 110 cm³/mol. The Bertz CT molecular complexity index is 992. The summed E-state index contributed by atoms with van der Waals surface area (Å²) in [5.41, 5.74) is 0.339. The molecule has 0 radical (unpaired) electrons. The van der Waals surface area contributed by atoms with Crippen molar-refractivity contribution in [3.8, 4) is 0 Å². The van der Waals surface area contributed by atoms with Crippen LogP contribution in [0.1, 0.15) is 28.1 Å². The van der Waals surface area contributed by atoms with Crippen LogP contribution in [0.15, 0.2) is 46.7 Å². The number of piperazine rings is 1. The fourth-order valence-electron chi connectivity index (χ4n) is 3.36. The largest absolute Gasteiger partial charge is 0.339 e. The minimum atomic E-state index is -3.71. The van der Waals surface area contributed by atoms with Crippen molar-refractivity contribution in [3.05, 3.63) is 52.2 Å². The van der Waals surface area contributed by atoms with Gasteiger partial charge in [-0.1, -0.05) is 12.1 Å². The maximum Gasteiger partial charge on any atom is 0.254 e. The second-order valence-electron chi connectivity index (χ2n) is 7.32. The molecule has 1 saturated heterocycles. The van der Waals surface area contributed by atoms with Gasteiger partial charge in [-0.15, -0.1) is 11.3 Å². The van der Waals surface area contributed by atoms with E-state index in [4.69, 9.17) is 0 Å². The third kappa shape index (κ3) is 4.68. The summed E-state index contributed by atoms with van der Waals surface area (Å²) in [5.74, 6) is 0.168. The SMILES string of the molecule is O=C(c1cccc(S(=O)(=O)NCc2cccs2)c1)N1CCN(C(=O)C2CC2)CC1. The van der Waals surface area contributed by atoms with Gasteiger partial charge in [0.25, 0.3) is 5.91 Å². The first-order valence-corrected chi connectivity index (χ1v) is 12.0. The van der Waals surface area contributed by atoms with E-state index in [0.29, 0.717) is 31.7 Å². The molecular formula is C20H23N3O4S2.